The highest BCUT2D eigenvalue weighted by Gasteiger charge is 2.33. The SMILES string of the molecule is CC.CC.CC.CC.CCN(C)[C@@H](c1ccccc1)[C@](C)(O)C#CCO. The predicted octanol–water partition coefficient (Wildman–Crippen LogP) is 5.53. The van der Waals surface area contributed by atoms with Crippen molar-refractivity contribution in [3.8, 4) is 11.8 Å². The second-order valence-electron chi connectivity index (χ2n) is 4.49. The molecule has 0 bridgehead atoms. The van der Waals surface area contributed by atoms with E-state index in [4.69, 9.17) is 5.11 Å². The van der Waals surface area contributed by atoms with E-state index in [0.717, 1.165) is 12.1 Å². The largest absolute Gasteiger partial charge is 0.384 e. The summed E-state index contributed by atoms with van der Waals surface area (Å²) in [4.78, 5) is 2.04. The normalized spacial score (nSPS) is 11.8. The summed E-state index contributed by atoms with van der Waals surface area (Å²) >= 11 is 0. The molecule has 3 nitrogen and oxygen atoms in total. The maximum Gasteiger partial charge on any atom is 0.142 e. The number of aliphatic hydroxyl groups is 2. The molecule has 1 aromatic rings. The van der Waals surface area contributed by atoms with Crippen LogP contribution in [0.4, 0.5) is 0 Å². The Hall–Kier alpha value is -1.34. The molecule has 0 heterocycles. The molecule has 26 heavy (non-hydrogen) atoms. The summed E-state index contributed by atoms with van der Waals surface area (Å²) in [7, 11) is 1.95. The van der Waals surface area contributed by atoms with Crippen molar-refractivity contribution in [3.05, 3.63) is 35.9 Å². The standard InChI is InChI=1S/C15H21NO2.4C2H6/c1-4-16(3)14(13-9-6-5-7-10-13)15(2,18)11-8-12-17;4*1-2/h5-7,9-10,14,17-18H,4,12H2,1-3H3;4*1-2H3/t14-,15+;;;;/m0..../s1. The lowest BCUT2D eigenvalue weighted by Crippen LogP contribution is -2.41. The van der Waals surface area contributed by atoms with E-state index in [-0.39, 0.29) is 12.6 Å². The lowest BCUT2D eigenvalue weighted by Gasteiger charge is -2.35. The van der Waals surface area contributed by atoms with Gasteiger partial charge in [-0.15, -0.1) is 0 Å². The molecule has 3 heteroatoms. The zero-order valence-electron chi connectivity index (χ0n) is 19.2. The highest BCUT2D eigenvalue weighted by molar-refractivity contribution is 5.28. The number of hydrogen-bond donors (Lipinski definition) is 2. The third-order valence-corrected chi connectivity index (χ3v) is 3.01. The smallest absolute Gasteiger partial charge is 0.142 e. The van der Waals surface area contributed by atoms with Crippen LogP contribution in [0.3, 0.4) is 0 Å². The second-order valence-corrected chi connectivity index (χ2v) is 4.49. The van der Waals surface area contributed by atoms with Gasteiger partial charge in [-0.3, -0.25) is 4.90 Å². The third-order valence-electron chi connectivity index (χ3n) is 3.01. The maximum atomic E-state index is 10.5. The van der Waals surface area contributed by atoms with E-state index in [1.807, 2.05) is 105 Å². The van der Waals surface area contributed by atoms with E-state index in [9.17, 15) is 5.11 Å². The first-order valence-corrected chi connectivity index (χ1v) is 10.1. The topological polar surface area (TPSA) is 43.7 Å². The minimum Gasteiger partial charge on any atom is -0.384 e. The fraction of sp³-hybridized carbons (Fsp3) is 0.652. The molecule has 2 atom stereocenters. The average molecular weight is 368 g/mol. The van der Waals surface area contributed by atoms with Crippen LogP contribution in [0, 0.1) is 11.8 Å². The van der Waals surface area contributed by atoms with Crippen molar-refractivity contribution in [3.63, 3.8) is 0 Å². The number of hydrogen-bond acceptors (Lipinski definition) is 3. The van der Waals surface area contributed by atoms with Gasteiger partial charge in [0.05, 0.1) is 6.04 Å². The number of nitrogens with zero attached hydrogens (tertiary/aromatic N) is 1. The molecule has 1 aromatic carbocycles. The third kappa shape index (κ3) is 13.9. The van der Waals surface area contributed by atoms with Crippen LogP contribution in [-0.4, -0.2) is 40.9 Å². The van der Waals surface area contributed by atoms with Crippen LogP contribution in [0.25, 0.3) is 0 Å². The van der Waals surface area contributed by atoms with Crippen molar-refractivity contribution >= 4 is 0 Å². The Morgan fingerprint density at radius 1 is 0.962 bits per heavy atom. The molecule has 0 unspecified atom stereocenters. The van der Waals surface area contributed by atoms with Gasteiger partial charge in [0.15, 0.2) is 0 Å². The average Bonchev–Trinajstić information content (AvgIpc) is 2.73. The van der Waals surface area contributed by atoms with Gasteiger partial charge >= 0.3 is 0 Å². The highest BCUT2D eigenvalue weighted by Crippen LogP contribution is 2.30. The fourth-order valence-electron chi connectivity index (χ4n) is 2.11. The lowest BCUT2D eigenvalue weighted by atomic mass is 9.89. The summed E-state index contributed by atoms with van der Waals surface area (Å²) in [6.45, 7) is 20.3. The van der Waals surface area contributed by atoms with Gasteiger partial charge in [0.1, 0.15) is 12.2 Å². The zero-order chi connectivity index (χ0) is 21.6. The molecular formula is C23H45NO2. The summed E-state index contributed by atoms with van der Waals surface area (Å²) in [5, 5.41) is 19.3. The van der Waals surface area contributed by atoms with Crippen LogP contribution in [-0.2, 0) is 0 Å². The quantitative estimate of drug-likeness (QED) is 0.688. The van der Waals surface area contributed by atoms with Gasteiger partial charge in [-0.1, -0.05) is 104 Å². The van der Waals surface area contributed by atoms with E-state index >= 15 is 0 Å². The van der Waals surface area contributed by atoms with Crippen LogP contribution in [0.5, 0.6) is 0 Å². The first-order valence-electron chi connectivity index (χ1n) is 10.1. The Morgan fingerprint density at radius 2 is 1.38 bits per heavy atom. The number of benzene rings is 1. The summed E-state index contributed by atoms with van der Waals surface area (Å²) in [5.74, 6) is 5.28. The fourth-order valence-corrected chi connectivity index (χ4v) is 2.11. The Kier molecular flexibility index (Phi) is 29.4. The predicted molar refractivity (Wildman–Crippen MR) is 118 cm³/mol. The van der Waals surface area contributed by atoms with Crippen molar-refractivity contribution in [2.45, 2.75) is 80.9 Å². The first-order chi connectivity index (χ1) is 12.5. The molecule has 0 aliphatic carbocycles. The highest BCUT2D eigenvalue weighted by atomic mass is 16.3. The van der Waals surface area contributed by atoms with Crippen molar-refractivity contribution < 1.29 is 10.2 Å². The summed E-state index contributed by atoms with van der Waals surface area (Å²) in [5.41, 5.74) is -0.187. The number of rotatable bonds is 4. The molecule has 0 saturated carbocycles. The van der Waals surface area contributed by atoms with Crippen LogP contribution in [0.1, 0.15) is 80.8 Å². The van der Waals surface area contributed by atoms with Crippen molar-refractivity contribution in [2.24, 2.45) is 0 Å². The van der Waals surface area contributed by atoms with Crippen molar-refractivity contribution in [1.29, 1.82) is 0 Å². The summed E-state index contributed by atoms with van der Waals surface area (Å²) < 4.78 is 0. The first kappa shape index (κ1) is 32.3. The molecule has 154 valence electrons. The molecule has 0 saturated heterocycles. The molecule has 0 radical (unpaired) electrons. The van der Waals surface area contributed by atoms with Gasteiger partial charge in [0.2, 0.25) is 0 Å². The van der Waals surface area contributed by atoms with Crippen LogP contribution in [0.15, 0.2) is 30.3 Å². The Balaban J connectivity index is -0.000000266. The van der Waals surface area contributed by atoms with Crippen LogP contribution < -0.4 is 0 Å². The van der Waals surface area contributed by atoms with Crippen LogP contribution in [0.2, 0.25) is 0 Å². The zero-order valence-corrected chi connectivity index (χ0v) is 19.2. The Morgan fingerprint density at radius 3 is 1.73 bits per heavy atom. The molecule has 2 N–H and O–H groups in total. The van der Waals surface area contributed by atoms with E-state index in [1.54, 1.807) is 6.92 Å². The van der Waals surface area contributed by atoms with Crippen molar-refractivity contribution in [1.82, 2.24) is 4.90 Å². The Labute approximate surface area is 164 Å². The maximum absolute atomic E-state index is 10.5. The van der Waals surface area contributed by atoms with E-state index in [1.165, 1.54) is 0 Å². The van der Waals surface area contributed by atoms with E-state index in [2.05, 4.69) is 11.8 Å². The van der Waals surface area contributed by atoms with Gasteiger partial charge < -0.3 is 10.2 Å². The molecule has 0 fully saturated rings. The van der Waals surface area contributed by atoms with Crippen LogP contribution >= 0.6 is 0 Å². The molecule has 1 rings (SSSR count). The molecular weight excluding hydrogens is 322 g/mol. The minimum absolute atomic E-state index is 0.220. The van der Waals surface area contributed by atoms with Gasteiger partial charge in [-0.2, -0.15) is 0 Å². The van der Waals surface area contributed by atoms with Gasteiger partial charge in [-0.05, 0) is 26.1 Å². The lowest BCUT2D eigenvalue weighted by molar-refractivity contribution is 0.0221. The van der Waals surface area contributed by atoms with E-state index < -0.39 is 5.60 Å². The van der Waals surface area contributed by atoms with Gasteiger partial charge in [0, 0.05) is 0 Å². The number of aliphatic hydroxyl groups excluding tert-OH is 1. The molecule has 0 aromatic heterocycles. The molecule has 0 aliphatic rings. The van der Waals surface area contributed by atoms with Gasteiger partial charge in [0.25, 0.3) is 0 Å². The Bertz CT molecular complexity index is 419. The van der Waals surface area contributed by atoms with E-state index in [0.29, 0.717) is 0 Å². The summed E-state index contributed by atoms with van der Waals surface area (Å²) in [6, 6.07) is 9.57. The van der Waals surface area contributed by atoms with Crippen molar-refractivity contribution in [2.75, 3.05) is 20.2 Å². The molecule has 0 aliphatic heterocycles. The van der Waals surface area contributed by atoms with Gasteiger partial charge in [-0.25, -0.2) is 0 Å². The molecule has 0 spiro atoms. The second kappa shape index (κ2) is 23.7. The molecule has 0 amide bonds. The number of likely N-dealkylation sites (N-methyl/N-ethyl adjacent to an activating group) is 1. The summed E-state index contributed by atoms with van der Waals surface area (Å²) in [6.07, 6.45) is 0. The minimum atomic E-state index is -1.20. The monoisotopic (exact) mass is 367 g/mol.